The molecular formula is C24H30IN5O. The highest BCUT2D eigenvalue weighted by Crippen LogP contribution is 2.25. The van der Waals surface area contributed by atoms with E-state index in [0.29, 0.717) is 6.61 Å². The molecule has 1 aliphatic heterocycles. The third-order valence-electron chi connectivity index (χ3n) is 5.51. The quantitative estimate of drug-likeness (QED) is 0.307. The van der Waals surface area contributed by atoms with Crippen LogP contribution in [-0.2, 0) is 17.8 Å². The van der Waals surface area contributed by atoms with Gasteiger partial charge in [-0.1, -0.05) is 48.5 Å². The summed E-state index contributed by atoms with van der Waals surface area (Å²) in [5.74, 6) is 0.916. The van der Waals surface area contributed by atoms with Crippen molar-refractivity contribution in [2.24, 2.45) is 4.99 Å². The van der Waals surface area contributed by atoms with E-state index in [4.69, 9.17) is 4.74 Å². The van der Waals surface area contributed by atoms with E-state index in [1.807, 2.05) is 19.6 Å². The first-order chi connectivity index (χ1) is 14.7. The number of rotatable bonds is 5. The fraction of sp³-hybridized carbons (Fsp3) is 0.333. The number of aliphatic imine (C=N–C) groups is 1. The van der Waals surface area contributed by atoms with E-state index >= 15 is 0 Å². The lowest BCUT2D eigenvalue weighted by Crippen LogP contribution is -2.48. The van der Waals surface area contributed by atoms with Gasteiger partial charge in [0.1, 0.15) is 6.10 Å². The number of ether oxygens (including phenoxy) is 1. The second-order valence-electron chi connectivity index (χ2n) is 7.61. The Morgan fingerprint density at radius 1 is 1.16 bits per heavy atom. The molecule has 0 saturated carbocycles. The molecule has 0 aliphatic carbocycles. The predicted octanol–water partition coefficient (Wildman–Crippen LogP) is 4.01. The second-order valence-corrected chi connectivity index (χ2v) is 7.61. The first-order valence-corrected chi connectivity index (χ1v) is 10.4. The molecule has 1 aliphatic rings. The predicted molar refractivity (Wildman–Crippen MR) is 135 cm³/mol. The maximum atomic E-state index is 6.06. The summed E-state index contributed by atoms with van der Waals surface area (Å²) in [5.41, 5.74) is 5.01. The number of halogens is 1. The average molecular weight is 531 g/mol. The van der Waals surface area contributed by atoms with Gasteiger partial charge in [0.2, 0.25) is 0 Å². The summed E-state index contributed by atoms with van der Waals surface area (Å²) in [5, 5.41) is 3.51. The minimum Gasteiger partial charge on any atom is -0.370 e. The molecule has 7 heteroatoms. The Hall–Kier alpha value is -2.39. The van der Waals surface area contributed by atoms with Crippen molar-refractivity contribution >= 4 is 29.9 Å². The van der Waals surface area contributed by atoms with Crippen molar-refractivity contribution < 1.29 is 4.74 Å². The van der Waals surface area contributed by atoms with E-state index in [2.05, 4.69) is 80.2 Å². The van der Waals surface area contributed by atoms with Crippen LogP contribution >= 0.6 is 24.0 Å². The molecule has 31 heavy (non-hydrogen) atoms. The van der Waals surface area contributed by atoms with Crippen molar-refractivity contribution in [2.75, 3.05) is 26.7 Å². The van der Waals surface area contributed by atoms with Gasteiger partial charge in [-0.25, -0.2) is 4.98 Å². The van der Waals surface area contributed by atoms with Crippen molar-refractivity contribution in [1.82, 2.24) is 19.8 Å². The van der Waals surface area contributed by atoms with Crippen molar-refractivity contribution in [2.45, 2.75) is 26.1 Å². The zero-order valence-electron chi connectivity index (χ0n) is 18.1. The maximum absolute atomic E-state index is 6.06. The summed E-state index contributed by atoms with van der Waals surface area (Å²) in [6, 6.07) is 17.1. The number of guanidine groups is 1. The zero-order valence-corrected chi connectivity index (χ0v) is 20.4. The molecule has 0 bridgehead atoms. The molecule has 2 aromatic carbocycles. The molecule has 1 atom stereocenters. The van der Waals surface area contributed by atoms with Crippen LogP contribution in [0.5, 0.6) is 0 Å². The molecule has 0 spiro atoms. The van der Waals surface area contributed by atoms with Crippen molar-refractivity contribution in [3.8, 4) is 0 Å². The number of imidazole rings is 1. The van der Waals surface area contributed by atoms with Crippen LogP contribution in [0.1, 0.15) is 28.4 Å². The minimum absolute atomic E-state index is 0. The second kappa shape index (κ2) is 11.3. The lowest BCUT2D eigenvalue weighted by atomic mass is 10.0. The van der Waals surface area contributed by atoms with E-state index in [1.54, 1.807) is 6.20 Å². The van der Waals surface area contributed by atoms with Crippen LogP contribution < -0.4 is 5.32 Å². The van der Waals surface area contributed by atoms with Crippen LogP contribution in [-0.4, -0.2) is 47.2 Å². The van der Waals surface area contributed by atoms with Crippen molar-refractivity contribution in [3.05, 3.63) is 89.5 Å². The highest BCUT2D eigenvalue weighted by molar-refractivity contribution is 14.0. The number of nitrogens with zero attached hydrogens (tertiary/aromatic N) is 4. The number of hydrogen-bond acceptors (Lipinski definition) is 3. The van der Waals surface area contributed by atoms with Gasteiger partial charge in [-0.2, -0.15) is 0 Å². The Kier molecular flexibility index (Phi) is 8.48. The topological polar surface area (TPSA) is 54.7 Å². The molecule has 3 aromatic rings. The van der Waals surface area contributed by atoms with E-state index in [-0.39, 0.29) is 30.1 Å². The third kappa shape index (κ3) is 6.07. The average Bonchev–Trinajstić information content (AvgIpc) is 3.29. The minimum atomic E-state index is 0. The van der Waals surface area contributed by atoms with E-state index in [9.17, 15) is 0 Å². The highest BCUT2D eigenvalue weighted by atomic mass is 127. The van der Waals surface area contributed by atoms with Gasteiger partial charge in [0.25, 0.3) is 0 Å². The molecule has 0 radical (unpaired) electrons. The monoisotopic (exact) mass is 531 g/mol. The summed E-state index contributed by atoms with van der Waals surface area (Å²) in [4.78, 5) is 10.9. The van der Waals surface area contributed by atoms with Gasteiger partial charge in [-0.3, -0.25) is 4.99 Å². The summed E-state index contributed by atoms with van der Waals surface area (Å²) < 4.78 is 8.13. The van der Waals surface area contributed by atoms with E-state index < -0.39 is 0 Å². The smallest absolute Gasteiger partial charge is 0.194 e. The number of hydrogen-bond donors (Lipinski definition) is 1. The van der Waals surface area contributed by atoms with Crippen LogP contribution in [0, 0.1) is 6.92 Å². The number of morpholine rings is 1. The van der Waals surface area contributed by atoms with Crippen LogP contribution in [0.15, 0.2) is 72.2 Å². The number of nitrogens with one attached hydrogen (secondary N) is 1. The molecule has 164 valence electrons. The van der Waals surface area contributed by atoms with Gasteiger partial charge in [0.05, 0.1) is 19.5 Å². The standard InChI is InChI=1S/C24H29N5O.HI/c1-19-5-3-4-6-22(19)23-17-29(13-14-30-23)24(25-2)27-15-20-7-9-21(10-8-20)16-28-12-11-26-18-28;/h3-12,18,23H,13-17H2,1-2H3,(H,25,27);1H. The van der Waals surface area contributed by atoms with Gasteiger partial charge in [-0.05, 0) is 29.2 Å². The highest BCUT2D eigenvalue weighted by Gasteiger charge is 2.25. The lowest BCUT2D eigenvalue weighted by Gasteiger charge is -2.35. The maximum Gasteiger partial charge on any atom is 0.194 e. The molecule has 1 N–H and O–H groups in total. The molecule has 0 amide bonds. The molecule has 1 fully saturated rings. The van der Waals surface area contributed by atoms with Crippen LogP contribution in [0.2, 0.25) is 0 Å². The van der Waals surface area contributed by atoms with Crippen LogP contribution in [0.25, 0.3) is 0 Å². The molecular weight excluding hydrogens is 501 g/mol. The summed E-state index contributed by atoms with van der Waals surface area (Å²) >= 11 is 0. The fourth-order valence-electron chi connectivity index (χ4n) is 3.84. The van der Waals surface area contributed by atoms with E-state index in [0.717, 1.165) is 32.1 Å². The molecule has 1 aromatic heterocycles. The Morgan fingerprint density at radius 3 is 2.65 bits per heavy atom. The Morgan fingerprint density at radius 2 is 1.94 bits per heavy atom. The van der Waals surface area contributed by atoms with Gasteiger partial charge >= 0.3 is 0 Å². The number of benzene rings is 2. The Bertz CT molecular complexity index is 972. The Balaban J connectivity index is 0.00000272. The van der Waals surface area contributed by atoms with Gasteiger partial charge in [0, 0.05) is 39.1 Å². The lowest BCUT2D eigenvalue weighted by molar-refractivity contribution is -0.00833. The van der Waals surface area contributed by atoms with Gasteiger partial charge < -0.3 is 19.5 Å². The molecule has 1 saturated heterocycles. The first kappa shape index (κ1) is 23.3. The van der Waals surface area contributed by atoms with Gasteiger partial charge in [0.15, 0.2) is 5.96 Å². The first-order valence-electron chi connectivity index (χ1n) is 10.4. The number of aryl methyl sites for hydroxylation is 1. The summed E-state index contributed by atoms with van der Waals surface area (Å²) in [6.07, 6.45) is 5.69. The van der Waals surface area contributed by atoms with E-state index in [1.165, 1.54) is 22.3 Å². The molecule has 2 heterocycles. The Labute approximate surface area is 201 Å². The molecule has 1 unspecified atom stereocenters. The molecule has 4 rings (SSSR count). The third-order valence-corrected chi connectivity index (χ3v) is 5.51. The summed E-state index contributed by atoms with van der Waals surface area (Å²) in [6.45, 7) is 6.05. The largest absolute Gasteiger partial charge is 0.370 e. The fourth-order valence-corrected chi connectivity index (χ4v) is 3.84. The SMILES string of the molecule is CN=C(NCc1ccc(Cn2ccnc2)cc1)N1CCOC(c2ccccc2C)C1.I. The van der Waals surface area contributed by atoms with Crippen LogP contribution in [0.4, 0.5) is 0 Å². The van der Waals surface area contributed by atoms with Crippen molar-refractivity contribution in [3.63, 3.8) is 0 Å². The zero-order chi connectivity index (χ0) is 20.8. The molecule has 6 nitrogen and oxygen atoms in total. The van der Waals surface area contributed by atoms with Crippen molar-refractivity contribution in [1.29, 1.82) is 0 Å². The normalized spacial score (nSPS) is 16.6. The number of aromatic nitrogens is 2. The van der Waals surface area contributed by atoms with Crippen LogP contribution in [0.3, 0.4) is 0 Å². The summed E-state index contributed by atoms with van der Waals surface area (Å²) in [7, 11) is 1.84. The van der Waals surface area contributed by atoms with Gasteiger partial charge in [-0.15, -0.1) is 24.0 Å².